The number of carbonyl (C=O) groups is 2. The zero-order valence-electron chi connectivity index (χ0n) is 10.7. The molecule has 0 unspecified atom stereocenters. The van der Waals surface area contributed by atoms with Gasteiger partial charge in [-0.3, -0.25) is 14.5 Å². The molecule has 0 atom stereocenters. The van der Waals surface area contributed by atoms with Crippen LogP contribution in [-0.4, -0.2) is 36.5 Å². The second-order valence-electron chi connectivity index (χ2n) is 4.17. The molecule has 1 saturated heterocycles. The first kappa shape index (κ1) is 13.4. The summed E-state index contributed by atoms with van der Waals surface area (Å²) in [5.74, 6) is -0.0639. The van der Waals surface area contributed by atoms with Crippen LogP contribution >= 0.6 is 0 Å². The lowest BCUT2D eigenvalue weighted by molar-refractivity contribution is -0.159. The van der Waals surface area contributed by atoms with Crippen LogP contribution in [-0.2, 0) is 20.9 Å². The van der Waals surface area contributed by atoms with Crippen molar-refractivity contribution >= 4 is 17.5 Å². The lowest BCUT2D eigenvalue weighted by Gasteiger charge is -2.25. The molecule has 2 rings (SSSR count). The predicted octanol–water partition coefficient (Wildman–Crippen LogP) is 0.553. The summed E-state index contributed by atoms with van der Waals surface area (Å²) in [5.41, 5.74) is 7.00. The zero-order valence-corrected chi connectivity index (χ0v) is 10.7. The molecule has 6 nitrogen and oxygen atoms in total. The molecule has 0 aliphatic carbocycles. The Morgan fingerprint density at radius 3 is 2.63 bits per heavy atom. The number of hydrogen-bond donors (Lipinski definition) is 1. The first-order valence-electron chi connectivity index (χ1n) is 6.04. The Bertz CT molecular complexity index is 485. The summed E-state index contributed by atoms with van der Waals surface area (Å²) >= 11 is 0. The number of benzene rings is 1. The van der Waals surface area contributed by atoms with E-state index in [0.717, 1.165) is 0 Å². The molecule has 1 aromatic carbocycles. The van der Waals surface area contributed by atoms with E-state index in [2.05, 4.69) is 0 Å². The maximum atomic E-state index is 11.7. The quantitative estimate of drug-likeness (QED) is 0.634. The Balaban J connectivity index is 2.23. The van der Waals surface area contributed by atoms with Crippen molar-refractivity contribution in [2.24, 2.45) is 0 Å². The predicted molar refractivity (Wildman–Crippen MR) is 68.4 cm³/mol. The average Bonchev–Trinajstić information content (AvgIpc) is 2.37. The number of amides is 2. The summed E-state index contributed by atoms with van der Waals surface area (Å²) in [6.45, 7) is 2.38. The van der Waals surface area contributed by atoms with Gasteiger partial charge in [0.1, 0.15) is 19.0 Å². The number of rotatable bonds is 4. The van der Waals surface area contributed by atoms with Gasteiger partial charge in [0.15, 0.2) is 0 Å². The SMILES string of the molecule is CCOc1ccc(N)cc1CN1C(=O)COCC1=O. The summed E-state index contributed by atoms with van der Waals surface area (Å²) in [6.07, 6.45) is 0. The van der Waals surface area contributed by atoms with Crippen molar-refractivity contribution in [3.63, 3.8) is 0 Å². The minimum atomic E-state index is -0.346. The fraction of sp³-hybridized carbons (Fsp3) is 0.385. The molecule has 1 aromatic rings. The van der Waals surface area contributed by atoms with E-state index in [-0.39, 0.29) is 31.6 Å². The van der Waals surface area contributed by atoms with Gasteiger partial charge in [0.25, 0.3) is 11.8 Å². The minimum absolute atomic E-state index is 0.0714. The van der Waals surface area contributed by atoms with Gasteiger partial charge in [0.2, 0.25) is 0 Å². The number of carbonyl (C=O) groups excluding carboxylic acids is 2. The maximum absolute atomic E-state index is 11.7. The Hall–Kier alpha value is -2.08. The van der Waals surface area contributed by atoms with Crippen molar-refractivity contribution in [3.8, 4) is 5.75 Å². The van der Waals surface area contributed by atoms with Crippen molar-refractivity contribution in [3.05, 3.63) is 23.8 Å². The molecule has 19 heavy (non-hydrogen) atoms. The van der Waals surface area contributed by atoms with Crippen molar-refractivity contribution in [2.75, 3.05) is 25.6 Å². The lowest BCUT2D eigenvalue weighted by atomic mass is 10.1. The normalized spacial score (nSPS) is 15.7. The van der Waals surface area contributed by atoms with Gasteiger partial charge in [0.05, 0.1) is 13.2 Å². The van der Waals surface area contributed by atoms with E-state index in [1.165, 1.54) is 4.90 Å². The third-order valence-corrected chi connectivity index (χ3v) is 2.77. The summed E-state index contributed by atoms with van der Waals surface area (Å²) in [4.78, 5) is 24.5. The van der Waals surface area contributed by atoms with Crippen LogP contribution in [0.4, 0.5) is 5.69 Å². The molecule has 6 heteroatoms. The van der Waals surface area contributed by atoms with Crippen LogP contribution in [0.3, 0.4) is 0 Å². The van der Waals surface area contributed by atoms with Gasteiger partial charge in [-0.25, -0.2) is 0 Å². The second kappa shape index (κ2) is 5.71. The van der Waals surface area contributed by atoms with E-state index in [0.29, 0.717) is 23.6 Å². The van der Waals surface area contributed by atoms with Gasteiger partial charge in [-0.05, 0) is 25.1 Å². The number of hydrogen-bond acceptors (Lipinski definition) is 5. The Labute approximate surface area is 111 Å². The van der Waals surface area contributed by atoms with E-state index in [4.69, 9.17) is 15.2 Å². The highest BCUT2D eigenvalue weighted by molar-refractivity contribution is 5.98. The van der Waals surface area contributed by atoms with Gasteiger partial charge in [-0.15, -0.1) is 0 Å². The van der Waals surface area contributed by atoms with Crippen LogP contribution in [0.5, 0.6) is 5.75 Å². The smallest absolute Gasteiger partial charge is 0.255 e. The molecule has 2 N–H and O–H groups in total. The molecule has 1 aliphatic rings. The number of nitrogens with zero attached hydrogens (tertiary/aromatic N) is 1. The number of nitrogens with two attached hydrogens (primary N) is 1. The van der Waals surface area contributed by atoms with Gasteiger partial charge >= 0.3 is 0 Å². The van der Waals surface area contributed by atoms with Gasteiger partial charge in [-0.1, -0.05) is 0 Å². The molecule has 2 amide bonds. The number of anilines is 1. The third kappa shape index (κ3) is 3.03. The fourth-order valence-corrected chi connectivity index (χ4v) is 1.89. The minimum Gasteiger partial charge on any atom is -0.494 e. The first-order valence-corrected chi connectivity index (χ1v) is 6.04. The number of morpholine rings is 1. The van der Waals surface area contributed by atoms with Crippen LogP contribution in [0.2, 0.25) is 0 Å². The van der Waals surface area contributed by atoms with Crippen LogP contribution in [0.25, 0.3) is 0 Å². The van der Waals surface area contributed by atoms with E-state index in [1.807, 2.05) is 6.92 Å². The van der Waals surface area contributed by atoms with E-state index >= 15 is 0 Å². The van der Waals surface area contributed by atoms with Crippen LogP contribution in [0, 0.1) is 0 Å². The molecule has 1 fully saturated rings. The molecule has 0 aromatic heterocycles. The molecular weight excluding hydrogens is 248 g/mol. The molecule has 1 aliphatic heterocycles. The van der Waals surface area contributed by atoms with Crippen molar-refractivity contribution in [1.82, 2.24) is 4.90 Å². The van der Waals surface area contributed by atoms with Crippen molar-refractivity contribution < 1.29 is 19.1 Å². The van der Waals surface area contributed by atoms with Crippen LogP contribution in [0.15, 0.2) is 18.2 Å². The second-order valence-corrected chi connectivity index (χ2v) is 4.17. The Morgan fingerprint density at radius 1 is 1.32 bits per heavy atom. The largest absolute Gasteiger partial charge is 0.494 e. The fourth-order valence-electron chi connectivity index (χ4n) is 1.89. The highest BCUT2D eigenvalue weighted by Gasteiger charge is 2.27. The first-order chi connectivity index (χ1) is 9.11. The molecule has 102 valence electrons. The molecule has 0 bridgehead atoms. The monoisotopic (exact) mass is 264 g/mol. The molecule has 1 heterocycles. The number of nitrogen functional groups attached to an aromatic ring is 1. The average molecular weight is 264 g/mol. The van der Waals surface area contributed by atoms with Gasteiger partial charge < -0.3 is 15.2 Å². The van der Waals surface area contributed by atoms with Gasteiger partial charge in [-0.2, -0.15) is 0 Å². The van der Waals surface area contributed by atoms with E-state index in [9.17, 15) is 9.59 Å². The maximum Gasteiger partial charge on any atom is 0.255 e. The highest BCUT2D eigenvalue weighted by atomic mass is 16.5. The zero-order chi connectivity index (χ0) is 13.8. The highest BCUT2D eigenvalue weighted by Crippen LogP contribution is 2.23. The summed E-state index contributed by atoms with van der Waals surface area (Å²) < 4.78 is 10.3. The standard InChI is InChI=1S/C13H16N2O4/c1-2-19-11-4-3-10(14)5-9(11)6-15-12(16)7-18-8-13(15)17/h3-5H,2,6-8,14H2,1H3. The van der Waals surface area contributed by atoms with Crippen LogP contribution < -0.4 is 10.5 Å². The van der Waals surface area contributed by atoms with Gasteiger partial charge in [0, 0.05) is 11.3 Å². The Morgan fingerprint density at radius 2 is 2.00 bits per heavy atom. The molecule has 0 radical (unpaired) electrons. The molecule has 0 spiro atoms. The number of imide groups is 1. The summed E-state index contributed by atoms with van der Waals surface area (Å²) in [6, 6.07) is 5.17. The summed E-state index contributed by atoms with van der Waals surface area (Å²) in [5, 5.41) is 0. The Kier molecular flexibility index (Phi) is 4.01. The van der Waals surface area contributed by atoms with Crippen molar-refractivity contribution in [1.29, 1.82) is 0 Å². The molecule has 0 saturated carbocycles. The van der Waals surface area contributed by atoms with Crippen molar-refractivity contribution in [2.45, 2.75) is 13.5 Å². The molecular formula is C13H16N2O4. The van der Waals surface area contributed by atoms with Crippen LogP contribution in [0.1, 0.15) is 12.5 Å². The summed E-state index contributed by atoms with van der Waals surface area (Å²) in [7, 11) is 0. The third-order valence-electron chi connectivity index (χ3n) is 2.77. The lowest BCUT2D eigenvalue weighted by Crippen LogP contribution is -2.45. The topological polar surface area (TPSA) is 81.9 Å². The van der Waals surface area contributed by atoms with E-state index in [1.54, 1.807) is 18.2 Å². The number of ether oxygens (including phenoxy) is 2. The van der Waals surface area contributed by atoms with E-state index < -0.39 is 0 Å².